The maximum Gasteiger partial charge on any atom is 0.162 e. The van der Waals surface area contributed by atoms with Crippen molar-refractivity contribution in [2.24, 2.45) is 11.8 Å². The molecular formula is C14H20NO5S2. The van der Waals surface area contributed by atoms with Crippen LogP contribution in [0.1, 0.15) is 18.6 Å². The molecule has 1 radical (unpaired) electrons. The van der Waals surface area contributed by atoms with Gasteiger partial charge in [-0.05, 0) is 30.9 Å². The molecule has 0 amide bonds. The molecule has 123 valence electrons. The van der Waals surface area contributed by atoms with Gasteiger partial charge in [-0.1, -0.05) is 0 Å². The molecule has 6 nitrogen and oxygen atoms in total. The van der Waals surface area contributed by atoms with E-state index in [1.807, 2.05) is 0 Å². The molecule has 2 aliphatic rings. The molecular weight excluding hydrogens is 326 g/mol. The Bertz CT molecular complexity index is 700. The number of hydrogen-bond donors (Lipinski definition) is 1. The van der Waals surface area contributed by atoms with Gasteiger partial charge in [-0.3, -0.25) is 0 Å². The fourth-order valence-electron chi connectivity index (χ4n) is 2.90. The van der Waals surface area contributed by atoms with Gasteiger partial charge in [-0.25, -0.2) is 16.8 Å². The first-order valence-corrected chi connectivity index (χ1v) is 10.8. The predicted molar refractivity (Wildman–Crippen MR) is 82.3 cm³/mol. The summed E-state index contributed by atoms with van der Waals surface area (Å²) in [5, 5.41) is 2.69. The molecule has 1 aromatic rings. The summed E-state index contributed by atoms with van der Waals surface area (Å²) >= 11 is 0. The maximum atomic E-state index is 12.5. The van der Waals surface area contributed by atoms with E-state index in [2.05, 4.69) is 5.32 Å². The highest BCUT2D eigenvalue weighted by Crippen LogP contribution is 2.41. The number of hydrogen-bond acceptors (Lipinski definition) is 6. The lowest BCUT2D eigenvalue weighted by Crippen LogP contribution is -2.52. The van der Waals surface area contributed by atoms with Crippen LogP contribution < -0.4 is 5.32 Å². The van der Waals surface area contributed by atoms with Crippen LogP contribution in [0.3, 0.4) is 0 Å². The third kappa shape index (κ3) is 3.72. The quantitative estimate of drug-likeness (QED) is 0.747. The van der Waals surface area contributed by atoms with Crippen LogP contribution in [-0.4, -0.2) is 40.9 Å². The minimum atomic E-state index is -3.60. The molecule has 8 heteroatoms. The lowest BCUT2D eigenvalue weighted by atomic mass is 9.96. The Balaban J connectivity index is 1.63. The maximum absolute atomic E-state index is 12.5. The van der Waals surface area contributed by atoms with Crippen LogP contribution in [0.5, 0.6) is 0 Å². The summed E-state index contributed by atoms with van der Waals surface area (Å²) in [4.78, 5) is 0. The Morgan fingerprint density at radius 1 is 1.23 bits per heavy atom. The van der Waals surface area contributed by atoms with E-state index >= 15 is 0 Å². The minimum absolute atomic E-state index is 0.124. The second kappa shape index (κ2) is 5.98. The van der Waals surface area contributed by atoms with Gasteiger partial charge < -0.3 is 9.73 Å². The van der Waals surface area contributed by atoms with Gasteiger partial charge in [0.05, 0.1) is 23.0 Å². The summed E-state index contributed by atoms with van der Waals surface area (Å²) in [5.41, 5.74) is 0. The summed E-state index contributed by atoms with van der Waals surface area (Å²) in [6.07, 6.45) is 3.26. The normalized spacial score (nSPS) is 21.5. The summed E-state index contributed by atoms with van der Waals surface area (Å²) in [6.45, 7) is 1.42. The van der Waals surface area contributed by atoms with Gasteiger partial charge in [0, 0.05) is 19.0 Å². The largest absolute Gasteiger partial charge is 0.468 e. The van der Waals surface area contributed by atoms with Gasteiger partial charge in [0.2, 0.25) is 0 Å². The van der Waals surface area contributed by atoms with E-state index in [9.17, 15) is 16.8 Å². The Morgan fingerprint density at radius 3 is 2.45 bits per heavy atom. The van der Waals surface area contributed by atoms with Crippen molar-refractivity contribution in [3.63, 3.8) is 0 Å². The average Bonchev–Trinajstić information content (AvgIpc) is 3.09. The van der Waals surface area contributed by atoms with Crippen LogP contribution in [0.4, 0.5) is 0 Å². The first-order valence-electron chi connectivity index (χ1n) is 7.38. The first kappa shape index (κ1) is 16.0. The molecule has 2 fully saturated rings. The predicted octanol–water partition coefficient (Wildman–Crippen LogP) is 0.769. The molecule has 1 saturated carbocycles. The van der Waals surface area contributed by atoms with Crippen LogP contribution in [-0.2, 0) is 25.4 Å². The van der Waals surface area contributed by atoms with E-state index < -0.39 is 30.7 Å². The van der Waals surface area contributed by atoms with E-state index in [4.69, 9.17) is 4.42 Å². The van der Waals surface area contributed by atoms with Gasteiger partial charge in [0.25, 0.3) is 0 Å². The summed E-state index contributed by atoms with van der Waals surface area (Å²) in [5.74, 6) is 0.877. The Hall–Kier alpha value is -0.860. The van der Waals surface area contributed by atoms with E-state index in [1.165, 1.54) is 6.26 Å². The van der Waals surface area contributed by atoms with Crippen molar-refractivity contribution in [2.75, 3.05) is 18.8 Å². The number of furan rings is 1. The molecule has 22 heavy (non-hydrogen) atoms. The highest BCUT2D eigenvalue weighted by atomic mass is 32.2. The zero-order valence-electron chi connectivity index (χ0n) is 12.1. The van der Waals surface area contributed by atoms with E-state index in [0.29, 0.717) is 18.8 Å². The van der Waals surface area contributed by atoms with Gasteiger partial charge in [-0.2, -0.15) is 0 Å². The molecule has 2 heterocycles. The van der Waals surface area contributed by atoms with Gasteiger partial charge in [0.1, 0.15) is 11.5 Å². The van der Waals surface area contributed by atoms with Crippen molar-refractivity contribution in [2.45, 2.75) is 23.8 Å². The highest BCUT2D eigenvalue weighted by Gasteiger charge is 2.46. The number of sulfone groups is 2. The van der Waals surface area contributed by atoms with Crippen LogP contribution in [0.25, 0.3) is 0 Å². The molecule has 3 rings (SSSR count). The lowest BCUT2D eigenvalue weighted by Gasteiger charge is -2.34. The van der Waals surface area contributed by atoms with Gasteiger partial charge in [0.15, 0.2) is 19.7 Å². The molecule has 1 saturated heterocycles. The highest BCUT2D eigenvalue weighted by molar-refractivity contribution is 7.96. The second-order valence-corrected chi connectivity index (χ2v) is 10.3. The summed E-state index contributed by atoms with van der Waals surface area (Å²) in [6, 6.07) is 3.17. The van der Waals surface area contributed by atoms with Crippen molar-refractivity contribution >= 4 is 19.7 Å². The fourth-order valence-corrected chi connectivity index (χ4v) is 7.03. The van der Waals surface area contributed by atoms with E-state index in [0.717, 1.165) is 18.6 Å². The van der Waals surface area contributed by atoms with Crippen LogP contribution in [0.2, 0.25) is 0 Å². The third-order valence-electron chi connectivity index (χ3n) is 4.26. The topological polar surface area (TPSA) is 93.5 Å². The molecule has 0 aromatic carbocycles. The van der Waals surface area contributed by atoms with Gasteiger partial charge >= 0.3 is 0 Å². The fraction of sp³-hybridized carbons (Fsp3) is 0.643. The first-order chi connectivity index (χ1) is 10.4. The van der Waals surface area contributed by atoms with Crippen LogP contribution in [0, 0.1) is 17.6 Å². The molecule has 1 N–H and O–H groups in total. The van der Waals surface area contributed by atoms with Crippen LogP contribution in [0.15, 0.2) is 22.8 Å². The second-order valence-electron chi connectivity index (χ2n) is 6.10. The van der Waals surface area contributed by atoms with Crippen molar-refractivity contribution in [3.05, 3.63) is 29.9 Å². The number of nitrogens with one attached hydrogen (secondary N) is 1. The molecule has 1 aliphatic carbocycles. The average molecular weight is 346 g/mol. The summed E-state index contributed by atoms with van der Waals surface area (Å²) in [7, 11) is -7.04. The van der Waals surface area contributed by atoms with E-state index in [-0.39, 0.29) is 17.6 Å². The summed E-state index contributed by atoms with van der Waals surface area (Å²) < 4.78 is 54.1. The lowest BCUT2D eigenvalue weighted by molar-refractivity contribution is 0.314. The van der Waals surface area contributed by atoms with Crippen molar-refractivity contribution < 1.29 is 21.3 Å². The zero-order valence-corrected chi connectivity index (χ0v) is 13.8. The molecule has 0 spiro atoms. The molecule has 1 aromatic heterocycles. The smallest absolute Gasteiger partial charge is 0.162 e. The third-order valence-corrected chi connectivity index (χ3v) is 8.06. The Labute approximate surface area is 131 Å². The molecule has 1 atom stereocenters. The molecule has 1 unspecified atom stereocenters. The standard InChI is InChI=1S/C14H20NO5S2/c16-21(17,10-13-2-1-5-20-13)6-7-22(18,19)14(11-3-4-11)12-8-15-9-12/h1-2,5-6,11-12,14-15H,3-4,7-10H2. The number of rotatable bonds is 8. The van der Waals surface area contributed by atoms with E-state index in [1.54, 1.807) is 12.1 Å². The van der Waals surface area contributed by atoms with Gasteiger partial charge in [-0.15, -0.1) is 0 Å². The SMILES string of the molecule is O=S(=O)([CH]CS(=O)(=O)C(C1CC1)C1CNC1)Cc1ccco1. The Kier molecular flexibility index (Phi) is 4.35. The van der Waals surface area contributed by atoms with Crippen molar-refractivity contribution in [3.8, 4) is 0 Å². The molecule has 1 aliphatic heterocycles. The van der Waals surface area contributed by atoms with Crippen molar-refractivity contribution in [1.29, 1.82) is 0 Å². The minimum Gasteiger partial charge on any atom is -0.468 e. The Morgan fingerprint density at radius 2 is 1.95 bits per heavy atom. The van der Waals surface area contributed by atoms with Crippen LogP contribution >= 0.6 is 0 Å². The van der Waals surface area contributed by atoms with Crippen molar-refractivity contribution in [1.82, 2.24) is 5.32 Å². The zero-order chi connectivity index (χ0) is 15.8. The monoisotopic (exact) mass is 346 g/mol. The molecule has 0 bridgehead atoms.